The van der Waals surface area contributed by atoms with Crippen molar-refractivity contribution in [3.05, 3.63) is 17.0 Å². The number of rotatable bonds is 6. The first-order chi connectivity index (χ1) is 8.19. The maximum absolute atomic E-state index is 11.0. The van der Waals surface area contributed by atoms with Crippen molar-refractivity contribution in [3.63, 3.8) is 0 Å². The van der Waals surface area contributed by atoms with Gasteiger partial charge in [0, 0.05) is 12.1 Å². The molecular weight excluding hydrogens is 242 g/mol. The fourth-order valence-electron chi connectivity index (χ4n) is 1.40. The summed E-state index contributed by atoms with van der Waals surface area (Å²) in [5.41, 5.74) is 0.890. The molecule has 0 aliphatic heterocycles. The van der Waals surface area contributed by atoms with Gasteiger partial charge in [0.15, 0.2) is 0 Å². The Morgan fingerprint density at radius 2 is 2.29 bits per heavy atom. The van der Waals surface area contributed by atoms with Gasteiger partial charge in [-0.15, -0.1) is 0 Å². The van der Waals surface area contributed by atoms with E-state index in [-0.39, 0.29) is 5.97 Å². The number of carbonyl (C=O) groups excluding carboxylic acids is 1. The van der Waals surface area contributed by atoms with Crippen LogP contribution in [0.3, 0.4) is 0 Å². The Hall–Kier alpha value is -1.36. The van der Waals surface area contributed by atoms with Crippen LogP contribution in [0.15, 0.2) is 6.33 Å². The Morgan fingerprint density at radius 3 is 2.94 bits per heavy atom. The van der Waals surface area contributed by atoms with Gasteiger partial charge in [0.2, 0.25) is 0 Å². The highest BCUT2D eigenvalue weighted by atomic mass is 35.5. The number of hydrogen-bond donors (Lipinski definition) is 1. The Kier molecular flexibility index (Phi) is 5.69. The fourth-order valence-corrected chi connectivity index (χ4v) is 1.63. The molecule has 0 spiro atoms. The third-order valence-electron chi connectivity index (χ3n) is 2.24. The Balaban J connectivity index is 2.63. The van der Waals surface area contributed by atoms with Crippen molar-refractivity contribution in [1.29, 1.82) is 0 Å². The van der Waals surface area contributed by atoms with Crippen LogP contribution >= 0.6 is 11.6 Å². The highest BCUT2D eigenvalue weighted by molar-refractivity contribution is 6.30. The van der Waals surface area contributed by atoms with Crippen LogP contribution in [-0.2, 0) is 16.0 Å². The zero-order valence-electron chi connectivity index (χ0n) is 9.99. The van der Waals surface area contributed by atoms with Crippen molar-refractivity contribution in [2.75, 3.05) is 19.0 Å². The molecule has 0 aliphatic rings. The van der Waals surface area contributed by atoms with E-state index < -0.39 is 0 Å². The van der Waals surface area contributed by atoms with Crippen molar-refractivity contribution < 1.29 is 9.53 Å². The van der Waals surface area contributed by atoms with Crippen molar-refractivity contribution >= 4 is 23.4 Å². The van der Waals surface area contributed by atoms with E-state index in [4.69, 9.17) is 11.6 Å². The summed E-state index contributed by atoms with van der Waals surface area (Å²) in [6.07, 6.45) is 3.46. The van der Waals surface area contributed by atoms with Gasteiger partial charge in [0.05, 0.1) is 13.5 Å². The van der Waals surface area contributed by atoms with Crippen LogP contribution in [0.25, 0.3) is 0 Å². The molecule has 94 valence electrons. The summed E-state index contributed by atoms with van der Waals surface area (Å²) in [6, 6.07) is 0. The molecule has 0 radical (unpaired) electrons. The number of hydrogen-bond acceptors (Lipinski definition) is 5. The largest absolute Gasteiger partial charge is 0.469 e. The molecular formula is C11H16ClN3O2. The minimum Gasteiger partial charge on any atom is -0.469 e. The van der Waals surface area contributed by atoms with Crippen molar-refractivity contribution in [2.45, 2.75) is 26.2 Å². The third-order valence-corrected chi connectivity index (χ3v) is 2.57. The molecule has 1 heterocycles. The first kappa shape index (κ1) is 13.7. The van der Waals surface area contributed by atoms with E-state index in [0.29, 0.717) is 23.9 Å². The van der Waals surface area contributed by atoms with Crippen molar-refractivity contribution in [2.24, 2.45) is 0 Å². The minimum absolute atomic E-state index is 0.255. The number of anilines is 1. The summed E-state index contributed by atoms with van der Waals surface area (Å²) in [5, 5.41) is 3.53. The van der Waals surface area contributed by atoms with E-state index in [9.17, 15) is 4.79 Å². The number of aromatic nitrogens is 2. The van der Waals surface area contributed by atoms with Gasteiger partial charge >= 0.3 is 5.97 Å². The fraction of sp³-hybridized carbons (Fsp3) is 0.545. The maximum atomic E-state index is 11.0. The average molecular weight is 258 g/mol. The Morgan fingerprint density at radius 1 is 1.53 bits per heavy atom. The topological polar surface area (TPSA) is 64.1 Å². The number of esters is 1. The number of nitrogens with zero attached hydrogens (tertiary/aromatic N) is 2. The van der Waals surface area contributed by atoms with Gasteiger partial charge in [-0.2, -0.15) is 0 Å². The van der Waals surface area contributed by atoms with Gasteiger partial charge in [-0.25, -0.2) is 9.97 Å². The van der Waals surface area contributed by atoms with Gasteiger partial charge in [0.25, 0.3) is 0 Å². The minimum atomic E-state index is -0.255. The zero-order chi connectivity index (χ0) is 12.7. The standard InChI is InChI=1S/C11H16ClN3O2/c1-3-4-8-10(12)14-7-15-11(8)13-6-5-9(16)17-2/h7H,3-6H2,1-2H3,(H,13,14,15). The molecule has 6 heteroatoms. The van der Waals surface area contributed by atoms with Crippen LogP contribution in [0, 0.1) is 0 Å². The van der Waals surface area contributed by atoms with E-state index in [1.807, 2.05) is 0 Å². The second-order valence-electron chi connectivity index (χ2n) is 3.49. The third kappa shape index (κ3) is 4.19. The summed E-state index contributed by atoms with van der Waals surface area (Å²) in [4.78, 5) is 19.0. The van der Waals surface area contributed by atoms with Gasteiger partial charge in [-0.3, -0.25) is 4.79 Å². The van der Waals surface area contributed by atoms with Gasteiger partial charge in [0.1, 0.15) is 17.3 Å². The molecule has 1 aromatic heterocycles. The SMILES string of the molecule is CCCc1c(Cl)ncnc1NCCC(=O)OC. The lowest BCUT2D eigenvalue weighted by atomic mass is 10.2. The van der Waals surface area contributed by atoms with Crippen LogP contribution in [0.1, 0.15) is 25.3 Å². The predicted octanol–water partition coefficient (Wildman–Crippen LogP) is 2.06. The molecule has 0 saturated carbocycles. The van der Waals surface area contributed by atoms with E-state index in [0.717, 1.165) is 18.4 Å². The number of methoxy groups -OCH3 is 1. The second kappa shape index (κ2) is 7.06. The maximum Gasteiger partial charge on any atom is 0.307 e. The number of nitrogens with one attached hydrogen (secondary N) is 1. The van der Waals surface area contributed by atoms with Gasteiger partial charge in [-0.05, 0) is 6.42 Å². The van der Waals surface area contributed by atoms with E-state index in [1.165, 1.54) is 13.4 Å². The molecule has 1 aromatic rings. The van der Waals surface area contributed by atoms with E-state index in [1.54, 1.807) is 0 Å². The Bertz CT molecular complexity index is 385. The lowest BCUT2D eigenvalue weighted by molar-refractivity contribution is -0.140. The van der Waals surface area contributed by atoms with Crippen LogP contribution in [0.5, 0.6) is 0 Å². The highest BCUT2D eigenvalue weighted by Crippen LogP contribution is 2.21. The highest BCUT2D eigenvalue weighted by Gasteiger charge is 2.09. The molecule has 17 heavy (non-hydrogen) atoms. The normalized spacial score (nSPS) is 10.1. The van der Waals surface area contributed by atoms with Crippen LogP contribution in [0.4, 0.5) is 5.82 Å². The molecule has 0 atom stereocenters. The lowest BCUT2D eigenvalue weighted by Gasteiger charge is -2.10. The summed E-state index contributed by atoms with van der Waals surface area (Å²) in [5.74, 6) is 0.436. The molecule has 0 aliphatic carbocycles. The summed E-state index contributed by atoms with van der Waals surface area (Å²) in [7, 11) is 1.37. The molecule has 0 saturated heterocycles. The second-order valence-corrected chi connectivity index (χ2v) is 3.85. The van der Waals surface area contributed by atoms with Crippen LogP contribution in [-0.4, -0.2) is 29.6 Å². The molecule has 0 unspecified atom stereocenters. The quantitative estimate of drug-likeness (QED) is 0.624. The first-order valence-corrected chi connectivity index (χ1v) is 5.86. The predicted molar refractivity (Wildman–Crippen MR) is 66.2 cm³/mol. The molecule has 0 bridgehead atoms. The van der Waals surface area contributed by atoms with Crippen molar-refractivity contribution in [1.82, 2.24) is 9.97 Å². The molecule has 1 N–H and O–H groups in total. The first-order valence-electron chi connectivity index (χ1n) is 5.49. The zero-order valence-corrected chi connectivity index (χ0v) is 10.8. The molecule has 0 amide bonds. The van der Waals surface area contributed by atoms with Gasteiger partial charge < -0.3 is 10.1 Å². The number of ether oxygens (including phenoxy) is 1. The molecule has 5 nitrogen and oxygen atoms in total. The molecule has 0 aromatic carbocycles. The number of halogens is 1. The smallest absolute Gasteiger partial charge is 0.307 e. The average Bonchev–Trinajstić information content (AvgIpc) is 2.33. The summed E-state index contributed by atoms with van der Waals surface area (Å²) < 4.78 is 4.55. The lowest BCUT2D eigenvalue weighted by Crippen LogP contribution is -2.12. The molecule has 1 rings (SSSR count). The van der Waals surface area contributed by atoms with Crippen LogP contribution in [0.2, 0.25) is 5.15 Å². The molecule has 0 fully saturated rings. The van der Waals surface area contributed by atoms with Crippen LogP contribution < -0.4 is 5.32 Å². The van der Waals surface area contributed by atoms with E-state index in [2.05, 4.69) is 26.9 Å². The Labute approximate surface area is 106 Å². The van der Waals surface area contributed by atoms with Crippen molar-refractivity contribution in [3.8, 4) is 0 Å². The number of carbonyl (C=O) groups is 1. The van der Waals surface area contributed by atoms with E-state index >= 15 is 0 Å². The summed E-state index contributed by atoms with van der Waals surface area (Å²) >= 11 is 5.99. The monoisotopic (exact) mass is 257 g/mol. The summed E-state index contributed by atoms with van der Waals surface area (Å²) in [6.45, 7) is 2.53. The van der Waals surface area contributed by atoms with Gasteiger partial charge in [-0.1, -0.05) is 24.9 Å².